The lowest BCUT2D eigenvalue weighted by atomic mass is 10.1. The first kappa shape index (κ1) is 14.5. The number of hydrogen-bond donors (Lipinski definition) is 2. The van der Waals surface area contributed by atoms with E-state index in [9.17, 15) is 13.2 Å². The first-order chi connectivity index (χ1) is 8.37. The molecule has 18 heavy (non-hydrogen) atoms. The van der Waals surface area contributed by atoms with Gasteiger partial charge in [0.15, 0.2) is 0 Å². The van der Waals surface area contributed by atoms with Crippen LogP contribution < -0.4 is 10.6 Å². The van der Waals surface area contributed by atoms with Gasteiger partial charge in [0.2, 0.25) is 0 Å². The minimum absolute atomic E-state index is 0.0506. The Morgan fingerprint density at radius 2 is 1.78 bits per heavy atom. The molecule has 1 aromatic carbocycles. The zero-order valence-electron chi connectivity index (χ0n) is 10.6. The summed E-state index contributed by atoms with van der Waals surface area (Å²) in [6.45, 7) is 2.54. The molecule has 6 heteroatoms. The van der Waals surface area contributed by atoms with Crippen molar-refractivity contribution in [3.8, 4) is 0 Å². The van der Waals surface area contributed by atoms with E-state index in [1.165, 1.54) is 0 Å². The van der Waals surface area contributed by atoms with Crippen LogP contribution in [0, 0.1) is 6.92 Å². The van der Waals surface area contributed by atoms with Gasteiger partial charge in [-0.3, -0.25) is 0 Å². The van der Waals surface area contributed by atoms with Gasteiger partial charge in [-0.15, -0.1) is 0 Å². The molecule has 0 aliphatic carbocycles. The Hall–Kier alpha value is -1.56. The van der Waals surface area contributed by atoms with Crippen LogP contribution in [0.1, 0.15) is 11.1 Å². The second-order valence-corrected chi connectivity index (χ2v) is 6.48. The molecule has 0 saturated heterocycles. The lowest BCUT2D eigenvalue weighted by molar-refractivity contribution is 0.241. The largest absolute Gasteiger partial charge is 0.337 e. The summed E-state index contributed by atoms with van der Waals surface area (Å²) < 4.78 is 21.7. The number of carbonyl (C=O) groups is 1. The van der Waals surface area contributed by atoms with Gasteiger partial charge in [0, 0.05) is 19.3 Å². The number of urea groups is 1. The van der Waals surface area contributed by atoms with Gasteiger partial charge in [-0.05, 0) is 12.5 Å². The quantitative estimate of drug-likeness (QED) is 0.832. The first-order valence-electron chi connectivity index (χ1n) is 5.62. The summed E-state index contributed by atoms with van der Waals surface area (Å²) in [5.74, 6) is -0.0506. The number of rotatable bonds is 5. The summed E-state index contributed by atoms with van der Waals surface area (Å²) in [4.78, 5) is 11.4. The Kier molecular flexibility index (Phi) is 5.15. The van der Waals surface area contributed by atoms with E-state index in [-0.39, 0.29) is 18.3 Å². The van der Waals surface area contributed by atoms with Crippen molar-refractivity contribution in [3.05, 3.63) is 35.4 Å². The fraction of sp³-hybridized carbons (Fsp3) is 0.417. The number of sulfone groups is 1. The first-order valence-corrected chi connectivity index (χ1v) is 7.68. The molecule has 0 saturated carbocycles. The summed E-state index contributed by atoms with van der Waals surface area (Å²) in [5, 5.41) is 5.15. The molecule has 0 aliphatic heterocycles. The van der Waals surface area contributed by atoms with Crippen molar-refractivity contribution in [2.45, 2.75) is 13.5 Å². The predicted molar refractivity (Wildman–Crippen MR) is 71.1 cm³/mol. The SMILES string of the molecule is Cc1ccc(CNC(=O)NCCS(C)(=O)=O)cc1. The van der Waals surface area contributed by atoms with E-state index < -0.39 is 9.84 Å². The number of carbonyl (C=O) groups excluding carboxylic acids is 1. The van der Waals surface area contributed by atoms with Crippen molar-refractivity contribution in [2.24, 2.45) is 0 Å². The summed E-state index contributed by atoms with van der Waals surface area (Å²) in [6.07, 6.45) is 1.14. The monoisotopic (exact) mass is 270 g/mol. The fourth-order valence-electron chi connectivity index (χ4n) is 1.30. The minimum Gasteiger partial charge on any atom is -0.337 e. The smallest absolute Gasteiger partial charge is 0.315 e. The van der Waals surface area contributed by atoms with E-state index >= 15 is 0 Å². The lowest BCUT2D eigenvalue weighted by Crippen LogP contribution is -2.37. The third kappa shape index (κ3) is 6.24. The number of amides is 2. The van der Waals surface area contributed by atoms with Crippen LogP contribution in [0.4, 0.5) is 4.79 Å². The van der Waals surface area contributed by atoms with Gasteiger partial charge in [0.25, 0.3) is 0 Å². The Morgan fingerprint density at radius 3 is 2.33 bits per heavy atom. The Bertz CT molecular complexity index is 495. The standard InChI is InChI=1S/C12H18N2O3S/c1-10-3-5-11(6-4-10)9-14-12(15)13-7-8-18(2,16)17/h3-6H,7-9H2,1-2H3,(H2,13,14,15). The number of benzene rings is 1. The average Bonchev–Trinajstić information content (AvgIpc) is 2.26. The third-order valence-electron chi connectivity index (χ3n) is 2.33. The van der Waals surface area contributed by atoms with E-state index in [0.29, 0.717) is 6.54 Å². The molecule has 0 atom stereocenters. The van der Waals surface area contributed by atoms with Crippen molar-refractivity contribution in [3.63, 3.8) is 0 Å². The highest BCUT2D eigenvalue weighted by Gasteiger charge is 2.04. The van der Waals surface area contributed by atoms with E-state index in [2.05, 4.69) is 10.6 Å². The van der Waals surface area contributed by atoms with Gasteiger partial charge in [-0.1, -0.05) is 29.8 Å². The van der Waals surface area contributed by atoms with Gasteiger partial charge in [0.05, 0.1) is 5.75 Å². The molecule has 0 heterocycles. The van der Waals surface area contributed by atoms with Crippen LogP contribution in [0.25, 0.3) is 0 Å². The van der Waals surface area contributed by atoms with Crippen LogP contribution in [0.15, 0.2) is 24.3 Å². The molecule has 0 bridgehead atoms. The zero-order chi connectivity index (χ0) is 13.6. The number of aryl methyl sites for hydroxylation is 1. The fourth-order valence-corrected chi connectivity index (χ4v) is 1.77. The van der Waals surface area contributed by atoms with E-state index in [0.717, 1.165) is 17.4 Å². The van der Waals surface area contributed by atoms with Crippen LogP contribution in [0.5, 0.6) is 0 Å². The van der Waals surface area contributed by atoms with Crippen LogP contribution in [-0.4, -0.2) is 33.0 Å². The van der Waals surface area contributed by atoms with Crippen LogP contribution in [0.2, 0.25) is 0 Å². The molecular formula is C12H18N2O3S. The molecule has 0 unspecified atom stereocenters. The maximum atomic E-state index is 11.4. The molecule has 2 amide bonds. The van der Waals surface area contributed by atoms with E-state index in [1.54, 1.807) is 0 Å². The van der Waals surface area contributed by atoms with Crippen molar-refractivity contribution in [1.29, 1.82) is 0 Å². The van der Waals surface area contributed by atoms with Crippen molar-refractivity contribution in [2.75, 3.05) is 18.6 Å². The molecule has 5 nitrogen and oxygen atoms in total. The van der Waals surface area contributed by atoms with Crippen LogP contribution in [-0.2, 0) is 16.4 Å². The highest BCUT2D eigenvalue weighted by atomic mass is 32.2. The summed E-state index contributed by atoms with van der Waals surface area (Å²) in [7, 11) is -3.03. The predicted octanol–water partition coefficient (Wildman–Crippen LogP) is 0.839. The average molecular weight is 270 g/mol. The summed E-state index contributed by atoms with van der Waals surface area (Å²) in [6, 6.07) is 7.45. The second kappa shape index (κ2) is 6.39. The van der Waals surface area contributed by atoms with Gasteiger partial charge < -0.3 is 10.6 Å². The maximum absolute atomic E-state index is 11.4. The molecule has 0 spiro atoms. The van der Waals surface area contributed by atoms with Crippen LogP contribution in [0.3, 0.4) is 0 Å². The third-order valence-corrected chi connectivity index (χ3v) is 3.28. The van der Waals surface area contributed by atoms with Crippen molar-refractivity contribution < 1.29 is 13.2 Å². The Morgan fingerprint density at radius 1 is 1.17 bits per heavy atom. The number of hydrogen-bond acceptors (Lipinski definition) is 3. The highest BCUT2D eigenvalue weighted by molar-refractivity contribution is 7.90. The molecule has 1 rings (SSSR count). The van der Waals surface area contributed by atoms with Gasteiger partial charge >= 0.3 is 6.03 Å². The number of nitrogens with one attached hydrogen (secondary N) is 2. The minimum atomic E-state index is -3.03. The van der Waals surface area contributed by atoms with E-state index in [1.807, 2.05) is 31.2 Å². The van der Waals surface area contributed by atoms with Crippen LogP contribution >= 0.6 is 0 Å². The lowest BCUT2D eigenvalue weighted by Gasteiger charge is -2.07. The molecular weight excluding hydrogens is 252 g/mol. The molecule has 0 aliphatic rings. The Labute approximate surface area is 108 Å². The summed E-state index contributed by atoms with van der Waals surface area (Å²) in [5.41, 5.74) is 2.16. The molecule has 0 aromatic heterocycles. The topological polar surface area (TPSA) is 75.3 Å². The maximum Gasteiger partial charge on any atom is 0.315 e. The second-order valence-electron chi connectivity index (χ2n) is 4.22. The van der Waals surface area contributed by atoms with Gasteiger partial charge in [-0.2, -0.15) is 0 Å². The van der Waals surface area contributed by atoms with Crippen molar-refractivity contribution >= 4 is 15.9 Å². The zero-order valence-corrected chi connectivity index (χ0v) is 11.4. The summed E-state index contributed by atoms with van der Waals surface area (Å²) >= 11 is 0. The molecule has 100 valence electrons. The van der Waals surface area contributed by atoms with Gasteiger partial charge in [-0.25, -0.2) is 13.2 Å². The Balaban J connectivity index is 2.27. The molecule has 1 aromatic rings. The molecule has 0 radical (unpaired) electrons. The van der Waals surface area contributed by atoms with E-state index in [4.69, 9.17) is 0 Å². The molecule has 0 fully saturated rings. The normalized spacial score (nSPS) is 11.0. The molecule has 2 N–H and O–H groups in total. The van der Waals surface area contributed by atoms with Gasteiger partial charge in [0.1, 0.15) is 9.84 Å². The highest BCUT2D eigenvalue weighted by Crippen LogP contribution is 2.02. The van der Waals surface area contributed by atoms with Crippen molar-refractivity contribution in [1.82, 2.24) is 10.6 Å².